The normalized spacial score (nSPS) is 11.4. The van der Waals surface area contributed by atoms with Crippen molar-refractivity contribution in [3.05, 3.63) is 130 Å². The highest BCUT2D eigenvalue weighted by molar-refractivity contribution is 7.98. The van der Waals surface area contributed by atoms with Crippen LogP contribution in [0.4, 0.5) is 13.2 Å². The summed E-state index contributed by atoms with van der Waals surface area (Å²) in [4.78, 5) is 35.9. The Balaban J connectivity index is 1.38. The van der Waals surface area contributed by atoms with Crippen LogP contribution in [-0.4, -0.2) is 67.8 Å². The van der Waals surface area contributed by atoms with Gasteiger partial charge in [0.25, 0.3) is 5.56 Å². The van der Waals surface area contributed by atoms with E-state index in [1.54, 1.807) is 53.0 Å². The number of carbonyl (C=O) groups excluding carboxylic acids is 1. The number of benzene rings is 3. The summed E-state index contributed by atoms with van der Waals surface area (Å²) in [6.45, 7) is 4.47. The number of alkyl halides is 2. The fourth-order valence-corrected chi connectivity index (χ4v) is 6.49. The number of nitrogens with zero attached hydrogens (tertiary/aromatic N) is 6. The van der Waals surface area contributed by atoms with Gasteiger partial charge in [-0.2, -0.15) is 18.9 Å². The first-order valence-electron chi connectivity index (χ1n) is 16.7. The third kappa shape index (κ3) is 10.8. The predicted molar refractivity (Wildman–Crippen MR) is 192 cm³/mol. The number of halogens is 3. The first-order valence-corrected chi connectivity index (χ1v) is 17.7. The van der Waals surface area contributed by atoms with Crippen molar-refractivity contribution in [3.8, 4) is 16.9 Å². The molecule has 9 nitrogen and oxygen atoms in total. The number of carbonyl (C=O) groups is 1. The van der Waals surface area contributed by atoms with E-state index in [-0.39, 0.29) is 29.6 Å². The zero-order valence-electron chi connectivity index (χ0n) is 28.8. The second-order valence-electron chi connectivity index (χ2n) is 12.0. The Bertz CT molecular complexity index is 1930. The minimum absolute atomic E-state index is 0.0392. The van der Waals surface area contributed by atoms with Crippen LogP contribution in [0, 0.1) is 5.82 Å². The van der Waals surface area contributed by atoms with Crippen molar-refractivity contribution in [1.82, 2.24) is 29.1 Å². The van der Waals surface area contributed by atoms with Crippen LogP contribution in [0.1, 0.15) is 36.1 Å². The molecule has 0 saturated carbocycles. The molecule has 0 aliphatic carbocycles. The third-order valence-corrected chi connectivity index (χ3v) is 9.50. The van der Waals surface area contributed by atoms with Gasteiger partial charge in [-0.3, -0.25) is 14.3 Å². The van der Waals surface area contributed by atoms with Gasteiger partial charge in [-0.25, -0.2) is 4.39 Å². The van der Waals surface area contributed by atoms with Crippen molar-refractivity contribution in [3.63, 3.8) is 0 Å². The summed E-state index contributed by atoms with van der Waals surface area (Å²) >= 11 is 1.31. The number of likely N-dealkylation sites (N-methyl/N-ethyl adjacent to an activating group) is 1. The van der Waals surface area contributed by atoms with Crippen LogP contribution < -0.4 is 10.3 Å². The molecular weight excluding hydrogens is 678 g/mol. The Hall–Kier alpha value is -4.88. The maximum Gasteiger partial charge on any atom is 0.387 e. The summed E-state index contributed by atoms with van der Waals surface area (Å²) in [6.07, 6.45) is 5.56. The molecule has 2 aromatic heterocycles. The molecule has 1 amide bonds. The molecule has 5 rings (SSSR count). The van der Waals surface area contributed by atoms with Crippen LogP contribution in [-0.2, 0) is 37.1 Å². The van der Waals surface area contributed by atoms with Gasteiger partial charge in [-0.1, -0.05) is 74.1 Å². The number of aryl methyl sites for hydroxylation is 1. The van der Waals surface area contributed by atoms with Crippen molar-refractivity contribution in [2.75, 3.05) is 26.2 Å². The average Bonchev–Trinajstić information content (AvgIpc) is 3.54. The molecular formula is C38H41F3N6O3S. The van der Waals surface area contributed by atoms with Gasteiger partial charge in [0.2, 0.25) is 5.91 Å². The summed E-state index contributed by atoms with van der Waals surface area (Å²) in [5.74, 6) is 0.0529. The monoisotopic (exact) mass is 718 g/mol. The van der Waals surface area contributed by atoms with Crippen molar-refractivity contribution in [2.45, 2.75) is 50.9 Å². The molecule has 0 unspecified atom stereocenters. The lowest BCUT2D eigenvalue weighted by atomic mass is 10.0. The average molecular weight is 719 g/mol. The Morgan fingerprint density at radius 2 is 1.53 bits per heavy atom. The maximum absolute atomic E-state index is 14.2. The van der Waals surface area contributed by atoms with Crippen molar-refractivity contribution in [1.29, 1.82) is 0 Å². The van der Waals surface area contributed by atoms with Gasteiger partial charge in [0.05, 0.1) is 6.20 Å². The van der Waals surface area contributed by atoms with E-state index in [0.717, 1.165) is 40.9 Å². The number of hydrogen-bond donors (Lipinski definition) is 0. The van der Waals surface area contributed by atoms with E-state index in [1.165, 1.54) is 36.0 Å². The van der Waals surface area contributed by atoms with Crippen LogP contribution in [0.5, 0.6) is 5.75 Å². The number of thioether (sulfide) groups is 1. The second-order valence-corrected chi connectivity index (χ2v) is 13.0. The molecule has 0 radical (unpaired) electrons. The number of aromatic nitrogens is 4. The molecule has 268 valence electrons. The van der Waals surface area contributed by atoms with Crippen LogP contribution in [0.25, 0.3) is 11.1 Å². The Morgan fingerprint density at radius 3 is 2.14 bits per heavy atom. The van der Waals surface area contributed by atoms with E-state index < -0.39 is 6.61 Å². The lowest BCUT2D eigenvalue weighted by molar-refractivity contribution is -0.132. The van der Waals surface area contributed by atoms with Gasteiger partial charge >= 0.3 is 6.61 Å². The lowest BCUT2D eigenvalue weighted by Gasteiger charge is -2.27. The quantitative estimate of drug-likeness (QED) is 0.0788. The van der Waals surface area contributed by atoms with E-state index in [9.17, 15) is 22.8 Å². The molecule has 0 atom stereocenters. The summed E-state index contributed by atoms with van der Waals surface area (Å²) < 4.78 is 46.5. The first-order chi connectivity index (χ1) is 24.6. The van der Waals surface area contributed by atoms with E-state index in [4.69, 9.17) is 0 Å². The van der Waals surface area contributed by atoms with Crippen LogP contribution >= 0.6 is 11.8 Å². The molecule has 3 aromatic carbocycles. The van der Waals surface area contributed by atoms with Gasteiger partial charge in [0.1, 0.15) is 18.1 Å². The van der Waals surface area contributed by atoms with Crippen LogP contribution in [0.15, 0.2) is 101 Å². The van der Waals surface area contributed by atoms with Gasteiger partial charge < -0.3 is 19.1 Å². The van der Waals surface area contributed by atoms with E-state index in [0.29, 0.717) is 42.5 Å². The summed E-state index contributed by atoms with van der Waals surface area (Å²) in [7, 11) is 1.81. The number of amides is 1. The minimum atomic E-state index is -2.89. The standard InChI is InChI=1S/C38H41F3N6O3S/c1-4-45(5-2)18-19-46(23-27-6-10-30(11-7-27)31-12-16-34(17-13-31)50-37(40)41)35(48)25-47-24-32(20-29-21-42-44(3)22-29)36(49)43-38(47)51-26-28-8-14-33(39)15-9-28/h6-17,21-22,24,37H,4-5,18-20,23,25-26H2,1-3H3. The number of ether oxygens (including phenoxy) is 1. The third-order valence-electron chi connectivity index (χ3n) is 8.44. The topological polar surface area (TPSA) is 85.5 Å². The van der Waals surface area contributed by atoms with Crippen molar-refractivity contribution < 1.29 is 22.7 Å². The Labute approximate surface area is 299 Å². The Morgan fingerprint density at radius 1 is 0.882 bits per heavy atom. The molecule has 2 heterocycles. The number of rotatable bonds is 17. The number of hydrogen-bond acceptors (Lipinski definition) is 7. The van der Waals surface area contributed by atoms with Gasteiger partial charge in [0.15, 0.2) is 5.16 Å². The molecule has 0 N–H and O–H groups in total. The molecule has 0 aliphatic rings. The summed E-state index contributed by atoms with van der Waals surface area (Å²) in [6, 6.07) is 20.4. The fourth-order valence-electron chi connectivity index (χ4n) is 5.57. The molecule has 0 spiro atoms. The molecule has 13 heteroatoms. The largest absolute Gasteiger partial charge is 0.435 e. The molecule has 0 bridgehead atoms. The van der Waals surface area contributed by atoms with E-state index >= 15 is 0 Å². The first kappa shape index (κ1) is 37.4. The predicted octanol–water partition coefficient (Wildman–Crippen LogP) is 6.64. The molecule has 0 aliphatic heterocycles. The zero-order valence-corrected chi connectivity index (χ0v) is 29.7. The maximum atomic E-state index is 14.2. The lowest BCUT2D eigenvalue weighted by Crippen LogP contribution is -2.40. The second kappa shape index (κ2) is 17.9. The smallest absolute Gasteiger partial charge is 0.387 e. The van der Waals surface area contributed by atoms with Gasteiger partial charge in [-0.05, 0) is 65.2 Å². The summed E-state index contributed by atoms with van der Waals surface area (Å²) in [5, 5.41) is 4.60. The van der Waals surface area contributed by atoms with Crippen molar-refractivity contribution >= 4 is 17.7 Å². The highest BCUT2D eigenvalue weighted by Crippen LogP contribution is 2.25. The fraction of sp³-hybridized carbons (Fsp3) is 0.316. The SMILES string of the molecule is CCN(CC)CCN(Cc1ccc(-c2ccc(OC(F)F)cc2)cc1)C(=O)Cn1cc(Cc2cnn(C)c2)c(=O)nc1SCc1ccc(F)cc1. The van der Waals surface area contributed by atoms with Crippen LogP contribution in [0.3, 0.4) is 0 Å². The Kier molecular flexibility index (Phi) is 13.1. The van der Waals surface area contributed by atoms with E-state index in [2.05, 4.69) is 33.6 Å². The molecule has 5 aromatic rings. The minimum Gasteiger partial charge on any atom is -0.435 e. The highest BCUT2D eigenvalue weighted by atomic mass is 32.2. The molecule has 0 fully saturated rings. The van der Waals surface area contributed by atoms with Gasteiger partial charge in [0, 0.05) is 56.8 Å². The van der Waals surface area contributed by atoms with Gasteiger partial charge in [-0.15, -0.1) is 0 Å². The van der Waals surface area contributed by atoms with Crippen molar-refractivity contribution in [2.24, 2.45) is 7.05 Å². The van der Waals surface area contributed by atoms with Crippen LogP contribution in [0.2, 0.25) is 0 Å². The highest BCUT2D eigenvalue weighted by Gasteiger charge is 2.19. The molecule has 0 saturated heterocycles. The van der Waals surface area contributed by atoms with E-state index in [1.807, 2.05) is 35.4 Å². The zero-order chi connectivity index (χ0) is 36.3. The molecule has 51 heavy (non-hydrogen) atoms. The summed E-state index contributed by atoms with van der Waals surface area (Å²) in [5.41, 5.74) is 4.44.